The SMILES string of the molecule is O=C(/C=C\c1nccs1)N1CCN(c2nnnn2-c2ccccc2)CC1. The molecule has 3 heterocycles. The van der Waals surface area contributed by atoms with E-state index in [2.05, 4.69) is 25.4 Å². The number of anilines is 1. The number of carbonyl (C=O) groups excluding carboxylic acids is 1. The lowest BCUT2D eigenvalue weighted by molar-refractivity contribution is -0.126. The minimum absolute atomic E-state index is 0.00232. The Morgan fingerprint density at radius 1 is 1.12 bits per heavy atom. The van der Waals surface area contributed by atoms with Gasteiger partial charge in [0.25, 0.3) is 0 Å². The lowest BCUT2D eigenvalue weighted by Gasteiger charge is -2.34. The highest BCUT2D eigenvalue weighted by Crippen LogP contribution is 2.17. The molecule has 9 heteroatoms. The third-order valence-corrected chi connectivity index (χ3v) is 4.89. The molecule has 1 aliphatic rings. The average Bonchev–Trinajstić information content (AvgIpc) is 3.39. The van der Waals surface area contributed by atoms with Crippen LogP contribution in [0.15, 0.2) is 48.0 Å². The molecule has 0 aliphatic carbocycles. The summed E-state index contributed by atoms with van der Waals surface area (Å²) in [4.78, 5) is 20.4. The molecule has 1 amide bonds. The highest BCUT2D eigenvalue weighted by molar-refractivity contribution is 7.10. The van der Waals surface area contributed by atoms with E-state index in [0.29, 0.717) is 32.1 Å². The Balaban J connectivity index is 1.40. The second-order valence-electron chi connectivity index (χ2n) is 5.74. The largest absolute Gasteiger partial charge is 0.336 e. The minimum Gasteiger partial charge on any atom is -0.336 e. The lowest BCUT2D eigenvalue weighted by Crippen LogP contribution is -2.49. The fourth-order valence-corrected chi connectivity index (χ4v) is 3.34. The van der Waals surface area contributed by atoms with E-state index >= 15 is 0 Å². The number of piperazine rings is 1. The van der Waals surface area contributed by atoms with Gasteiger partial charge in [-0.1, -0.05) is 23.3 Å². The first kappa shape index (κ1) is 16.4. The summed E-state index contributed by atoms with van der Waals surface area (Å²) in [5.41, 5.74) is 0.914. The fraction of sp³-hybridized carbons (Fsp3) is 0.235. The highest BCUT2D eigenvalue weighted by Gasteiger charge is 2.23. The topological polar surface area (TPSA) is 80.0 Å². The third-order valence-electron chi connectivity index (χ3n) is 4.15. The van der Waals surface area contributed by atoms with E-state index in [1.54, 1.807) is 23.0 Å². The minimum atomic E-state index is 0.00232. The van der Waals surface area contributed by atoms with Gasteiger partial charge in [0.15, 0.2) is 0 Å². The van der Waals surface area contributed by atoms with Gasteiger partial charge in [-0.05, 0) is 28.6 Å². The Morgan fingerprint density at radius 2 is 1.92 bits per heavy atom. The lowest BCUT2D eigenvalue weighted by atomic mass is 10.3. The smallest absolute Gasteiger partial charge is 0.250 e. The van der Waals surface area contributed by atoms with Gasteiger partial charge in [-0.3, -0.25) is 4.79 Å². The van der Waals surface area contributed by atoms with Gasteiger partial charge >= 0.3 is 0 Å². The molecular formula is C17H17N7OS. The molecule has 1 aromatic carbocycles. The van der Waals surface area contributed by atoms with Crippen LogP contribution in [-0.2, 0) is 4.79 Å². The Bertz CT molecular complexity index is 883. The molecule has 3 aromatic rings. The van der Waals surface area contributed by atoms with Gasteiger partial charge in [0.2, 0.25) is 11.9 Å². The number of hydrogen-bond donors (Lipinski definition) is 0. The Hall–Kier alpha value is -3.07. The molecule has 2 aromatic heterocycles. The molecule has 0 N–H and O–H groups in total. The van der Waals surface area contributed by atoms with Crippen molar-refractivity contribution in [2.24, 2.45) is 0 Å². The highest BCUT2D eigenvalue weighted by atomic mass is 32.1. The van der Waals surface area contributed by atoms with Gasteiger partial charge in [0.05, 0.1) is 5.69 Å². The predicted molar refractivity (Wildman–Crippen MR) is 99.1 cm³/mol. The monoisotopic (exact) mass is 367 g/mol. The van der Waals surface area contributed by atoms with E-state index < -0.39 is 0 Å². The standard InChI is InChI=1S/C17H17N7OS/c25-16(7-6-15-18-8-13-26-15)22-9-11-23(12-10-22)17-19-20-21-24(17)14-4-2-1-3-5-14/h1-8,13H,9-12H2/b7-6-. The Kier molecular flexibility index (Phi) is 4.69. The van der Waals surface area contributed by atoms with E-state index in [-0.39, 0.29) is 5.91 Å². The maximum atomic E-state index is 12.3. The van der Waals surface area contributed by atoms with Crippen molar-refractivity contribution >= 4 is 29.3 Å². The number of thiazole rings is 1. The van der Waals surface area contributed by atoms with E-state index in [1.165, 1.54) is 11.3 Å². The third kappa shape index (κ3) is 3.47. The van der Waals surface area contributed by atoms with Crippen molar-refractivity contribution in [1.29, 1.82) is 0 Å². The van der Waals surface area contributed by atoms with Crippen molar-refractivity contribution in [2.45, 2.75) is 0 Å². The normalized spacial score (nSPS) is 14.9. The van der Waals surface area contributed by atoms with Gasteiger partial charge in [-0.25, -0.2) is 4.98 Å². The Labute approximate surface area is 154 Å². The zero-order valence-corrected chi connectivity index (χ0v) is 14.8. The van der Waals surface area contributed by atoms with E-state index in [9.17, 15) is 4.79 Å². The zero-order chi connectivity index (χ0) is 17.8. The van der Waals surface area contributed by atoms with Crippen LogP contribution < -0.4 is 4.90 Å². The molecule has 1 fully saturated rings. The number of amides is 1. The van der Waals surface area contributed by atoms with Crippen molar-refractivity contribution in [2.75, 3.05) is 31.1 Å². The summed E-state index contributed by atoms with van der Waals surface area (Å²) < 4.78 is 1.72. The first-order chi connectivity index (χ1) is 12.8. The number of aromatic nitrogens is 5. The van der Waals surface area contributed by atoms with Gasteiger partial charge in [0.1, 0.15) is 5.01 Å². The zero-order valence-electron chi connectivity index (χ0n) is 14.0. The molecule has 132 valence electrons. The van der Waals surface area contributed by atoms with Gasteiger partial charge in [-0.2, -0.15) is 4.68 Å². The summed E-state index contributed by atoms with van der Waals surface area (Å²) in [6.07, 6.45) is 5.07. The summed E-state index contributed by atoms with van der Waals surface area (Å²) >= 11 is 1.51. The number of benzene rings is 1. The molecule has 0 spiro atoms. The van der Waals surface area contributed by atoms with Crippen LogP contribution in [0.5, 0.6) is 0 Å². The summed E-state index contributed by atoms with van der Waals surface area (Å²) in [5, 5.41) is 14.8. The predicted octanol–water partition coefficient (Wildman–Crippen LogP) is 1.48. The molecule has 1 aliphatic heterocycles. The maximum Gasteiger partial charge on any atom is 0.250 e. The fourth-order valence-electron chi connectivity index (χ4n) is 2.81. The number of carbonyl (C=O) groups is 1. The molecule has 8 nitrogen and oxygen atoms in total. The quantitative estimate of drug-likeness (QED) is 0.650. The number of rotatable bonds is 4. The molecule has 0 radical (unpaired) electrons. The number of hydrogen-bond acceptors (Lipinski definition) is 7. The van der Waals surface area contributed by atoms with Crippen LogP contribution >= 0.6 is 11.3 Å². The molecule has 1 saturated heterocycles. The average molecular weight is 367 g/mol. The second-order valence-corrected chi connectivity index (χ2v) is 6.67. The van der Waals surface area contributed by atoms with Crippen LogP contribution in [-0.4, -0.2) is 62.2 Å². The van der Waals surface area contributed by atoms with Gasteiger partial charge in [-0.15, -0.1) is 11.3 Å². The van der Waals surface area contributed by atoms with E-state index in [4.69, 9.17) is 0 Å². The number of para-hydroxylation sites is 1. The molecule has 0 unspecified atom stereocenters. The van der Waals surface area contributed by atoms with Crippen LogP contribution in [0.2, 0.25) is 0 Å². The van der Waals surface area contributed by atoms with Gasteiger partial charge in [0, 0.05) is 43.8 Å². The second kappa shape index (κ2) is 7.44. The summed E-state index contributed by atoms with van der Waals surface area (Å²) in [6, 6.07) is 9.78. The van der Waals surface area contributed by atoms with Crippen LogP contribution in [0, 0.1) is 0 Å². The molecule has 0 saturated carbocycles. The molecule has 4 rings (SSSR count). The van der Waals surface area contributed by atoms with Crippen molar-refractivity contribution in [1.82, 2.24) is 30.1 Å². The maximum absolute atomic E-state index is 12.3. The summed E-state index contributed by atoms with van der Waals surface area (Å²) in [7, 11) is 0. The first-order valence-corrected chi connectivity index (χ1v) is 9.14. The van der Waals surface area contributed by atoms with Crippen LogP contribution in [0.1, 0.15) is 5.01 Å². The number of nitrogens with zero attached hydrogens (tertiary/aromatic N) is 7. The molecule has 0 bridgehead atoms. The summed E-state index contributed by atoms with van der Waals surface area (Å²) in [5.74, 6) is 0.698. The van der Waals surface area contributed by atoms with Crippen molar-refractivity contribution in [3.05, 3.63) is 53.0 Å². The summed E-state index contributed by atoms with van der Waals surface area (Å²) in [6.45, 7) is 2.62. The van der Waals surface area contributed by atoms with E-state index in [1.807, 2.05) is 40.6 Å². The Morgan fingerprint density at radius 3 is 2.65 bits per heavy atom. The van der Waals surface area contributed by atoms with Crippen molar-refractivity contribution in [3.8, 4) is 5.69 Å². The van der Waals surface area contributed by atoms with Crippen molar-refractivity contribution in [3.63, 3.8) is 0 Å². The van der Waals surface area contributed by atoms with Crippen LogP contribution in [0.25, 0.3) is 11.8 Å². The molecule has 0 atom stereocenters. The van der Waals surface area contributed by atoms with Gasteiger partial charge < -0.3 is 9.80 Å². The first-order valence-electron chi connectivity index (χ1n) is 8.26. The van der Waals surface area contributed by atoms with Crippen LogP contribution in [0.3, 0.4) is 0 Å². The number of tetrazole rings is 1. The van der Waals surface area contributed by atoms with Crippen LogP contribution in [0.4, 0.5) is 5.95 Å². The molecular weight excluding hydrogens is 350 g/mol. The van der Waals surface area contributed by atoms with Crippen molar-refractivity contribution < 1.29 is 4.79 Å². The molecule has 26 heavy (non-hydrogen) atoms. The van der Waals surface area contributed by atoms with E-state index in [0.717, 1.165) is 10.7 Å².